The van der Waals surface area contributed by atoms with Gasteiger partial charge in [-0.3, -0.25) is 15.5 Å². The molecule has 24 heavy (non-hydrogen) atoms. The first-order valence-electron chi connectivity index (χ1n) is 6.11. The first-order valence-corrected chi connectivity index (χ1v) is 7.24. The summed E-state index contributed by atoms with van der Waals surface area (Å²) in [7, 11) is 0. The Labute approximate surface area is 149 Å². The van der Waals surface area contributed by atoms with Gasteiger partial charge in [0.05, 0.1) is 33.4 Å². The van der Waals surface area contributed by atoms with Crippen LogP contribution in [0.2, 0.25) is 15.2 Å². The van der Waals surface area contributed by atoms with Gasteiger partial charge in [0.15, 0.2) is 5.15 Å². The molecule has 0 atom stereocenters. The van der Waals surface area contributed by atoms with E-state index in [2.05, 4.69) is 15.5 Å². The second-order valence-corrected chi connectivity index (χ2v) is 5.34. The summed E-state index contributed by atoms with van der Waals surface area (Å²) in [6.45, 7) is 0. The van der Waals surface area contributed by atoms with Gasteiger partial charge >= 0.3 is 0 Å². The van der Waals surface area contributed by atoms with E-state index in [1.807, 2.05) is 0 Å². The van der Waals surface area contributed by atoms with Crippen molar-refractivity contribution in [3.05, 3.63) is 60.8 Å². The molecule has 0 aliphatic heterocycles. The molecule has 124 valence electrons. The number of anilines is 1. The second-order valence-electron chi connectivity index (χ2n) is 4.23. The van der Waals surface area contributed by atoms with Crippen molar-refractivity contribution in [2.75, 3.05) is 5.43 Å². The number of benzene rings is 1. The molecule has 0 unspecified atom stereocenters. The van der Waals surface area contributed by atoms with Gasteiger partial charge in [-0.15, -0.1) is 0 Å². The molecule has 1 aromatic carbocycles. The maximum atomic E-state index is 11.0. The number of para-hydroxylation sites is 1. The van der Waals surface area contributed by atoms with Crippen molar-refractivity contribution in [1.29, 1.82) is 0 Å². The molecule has 0 amide bonds. The van der Waals surface area contributed by atoms with Gasteiger partial charge in [-0.1, -0.05) is 46.9 Å². The number of halogens is 3. The van der Waals surface area contributed by atoms with Gasteiger partial charge in [-0.2, -0.15) is 5.10 Å². The molecule has 8 nitrogen and oxygen atoms in total. The van der Waals surface area contributed by atoms with E-state index in [1.54, 1.807) is 6.07 Å². The third kappa shape index (κ3) is 3.73. The lowest BCUT2D eigenvalue weighted by molar-refractivity contribution is -0.385. The Hall–Kier alpha value is -2.42. The molecule has 11 heteroatoms. The van der Waals surface area contributed by atoms with Crippen molar-refractivity contribution < 1.29 is 14.8 Å². The number of rotatable bonds is 5. The number of carbonyl (C=O) groups excluding carboxylic acids is 1. The van der Waals surface area contributed by atoms with E-state index in [9.17, 15) is 20.0 Å². The smallest absolute Gasteiger partial charge is 0.278 e. The number of nitrogens with zero attached hydrogens (tertiary/aromatic N) is 3. The molecule has 1 N–H and O–H groups in total. The first kappa shape index (κ1) is 17.9. The minimum absolute atomic E-state index is 0.118. The minimum atomic E-state index is -1.65. The van der Waals surface area contributed by atoms with Crippen LogP contribution in [0.5, 0.6) is 0 Å². The highest BCUT2D eigenvalue weighted by molar-refractivity contribution is 6.46. The second kappa shape index (κ2) is 7.43. The highest BCUT2D eigenvalue weighted by atomic mass is 35.5. The highest BCUT2D eigenvalue weighted by Gasteiger charge is 2.17. The van der Waals surface area contributed by atoms with E-state index in [-0.39, 0.29) is 32.1 Å². The van der Waals surface area contributed by atoms with Gasteiger partial charge in [-0.25, -0.2) is 4.98 Å². The van der Waals surface area contributed by atoms with E-state index >= 15 is 0 Å². The van der Waals surface area contributed by atoms with Crippen LogP contribution in [-0.4, -0.2) is 22.1 Å². The van der Waals surface area contributed by atoms with Crippen LogP contribution in [0.25, 0.3) is 0 Å². The van der Waals surface area contributed by atoms with Gasteiger partial charge in [0.25, 0.3) is 5.69 Å². The lowest BCUT2D eigenvalue weighted by Crippen LogP contribution is -2.24. The Morgan fingerprint density at radius 1 is 1.25 bits per heavy atom. The van der Waals surface area contributed by atoms with Crippen LogP contribution in [0.15, 0.2) is 29.4 Å². The maximum absolute atomic E-state index is 11.0. The number of hydrogen-bond acceptors (Lipinski definition) is 7. The molecule has 0 saturated heterocycles. The molecule has 2 aromatic rings. The fraction of sp³-hybridized carbons (Fsp3) is 0. The van der Waals surface area contributed by atoms with Crippen LogP contribution in [0.3, 0.4) is 0 Å². The first-order chi connectivity index (χ1) is 11.3. The van der Waals surface area contributed by atoms with Crippen molar-refractivity contribution in [2.24, 2.45) is 5.10 Å². The number of nitro benzene ring substituents is 1. The van der Waals surface area contributed by atoms with Crippen LogP contribution < -0.4 is 10.5 Å². The quantitative estimate of drug-likeness (QED) is 0.364. The standard InChI is InChI=1S/C13H7Cl3N4O4/c14-8-10(9(15)12(16)18-11(8)13(21)22)19-17-5-6-3-1-2-4-7(6)20(23)24/h1-5H,(H,18,19)(H,21,22)/p-1/b17-5-. The van der Waals surface area contributed by atoms with Crippen LogP contribution in [0.1, 0.15) is 16.1 Å². The number of aromatic nitrogens is 1. The third-order valence-electron chi connectivity index (χ3n) is 2.74. The van der Waals surface area contributed by atoms with Gasteiger partial charge in [0.2, 0.25) is 0 Å². The van der Waals surface area contributed by atoms with Crippen molar-refractivity contribution in [3.63, 3.8) is 0 Å². The van der Waals surface area contributed by atoms with E-state index in [1.165, 1.54) is 18.2 Å². The van der Waals surface area contributed by atoms with Crippen molar-refractivity contribution >= 4 is 58.4 Å². The number of hydrogen-bond donors (Lipinski definition) is 1. The molecule has 0 spiro atoms. The normalized spacial score (nSPS) is 10.8. The molecule has 0 aliphatic rings. The molecule has 0 radical (unpaired) electrons. The average Bonchev–Trinajstić information content (AvgIpc) is 2.54. The molecule has 2 rings (SSSR count). The molecule has 1 heterocycles. The number of nitrogens with one attached hydrogen (secondary N) is 1. The summed E-state index contributed by atoms with van der Waals surface area (Å²) in [4.78, 5) is 24.8. The Balaban J connectivity index is 2.36. The zero-order valence-corrected chi connectivity index (χ0v) is 13.8. The Bertz CT molecular complexity index is 857. The fourth-order valence-corrected chi connectivity index (χ4v) is 2.34. The van der Waals surface area contributed by atoms with Crippen LogP contribution >= 0.6 is 34.8 Å². The minimum Gasteiger partial charge on any atom is -0.543 e. The monoisotopic (exact) mass is 387 g/mol. The molecular weight excluding hydrogens is 383 g/mol. The van der Waals surface area contributed by atoms with Gasteiger partial charge in [-0.05, 0) is 6.07 Å². The number of carboxylic acid groups (broad SMARTS) is 1. The van der Waals surface area contributed by atoms with Gasteiger partial charge in [0, 0.05) is 6.07 Å². The Morgan fingerprint density at radius 2 is 1.92 bits per heavy atom. The number of carboxylic acids is 1. The summed E-state index contributed by atoms with van der Waals surface area (Å²) in [6, 6.07) is 5.87. The largest absolute Gasteiger partial charge is 0.543 e. The molecule has 1 aromatic heterocycles. The lowest BCUT2D eigenvalue weighted by atomic mass is 10.2. The van der Waals surface area contributed by atoms with Crippen molar-refractivity contribution in [1.82, 2.24) is 4.98 Å². The highest BCUT2D eigenvalue weighted by Crippen LogP contribution is 2.36. The van der Waals surface area contributed by atoms with Crippen LogP contribution in [-0.2, 0) is 0 Å². The number of carbonyl (C=O) groups is 1. The van der Waals surface area contributed by atoms with Crippen molar-refractivity contribution in [2.45, 2.75) is 0 Å². The topological polar surface area (TPSA) is 121 Å². The fourth-order valence-electron chi connectivity index (χ4n) is 1.68. The summed E-state index contributed by atoms with van der Waals surface area (Å²) in [5.74, 6) is -1.65. The predicted octanol–water partition coefficient (Wildman–Crippen LogP) is 2.76. The molecule has 0 bridgehead atoms. The molecule has 0 saturated carbocycles. The van der Waals surface area contributed by atoms with Gasteiger partial charge < -0.3 is 9.90 Å². The number of aromatic carboxylic acids is 1. The van der Waals surface area contributed by atoms with Crippen LogP contribution in [0, 0.1) is 10.1 Å². The zero-order valence-electron chi connectivity index (χ0n) is 11.5. The molecular formula is C13H6Cl3N4O4-. The number of pyridine rings is 1. The zero-order chi connectivity index (χ0) is 17.9. The summed E-state index contributed by atoms with van der Waals surface area (Å²) in [6.07, 6.45) is 1.15. The van der Waals surface area contributed by atoms with E-state index in [0.29, 0.717) is 0 Å². The number of nitro groups is 1. The van der Waals surface area contributed by atoms with E-state index < -0.39 is 16.6 Å². The van der Waals surface area contributed by atoms with Crippen molar-refractivity contribution in [3.8, 4) is 0 Å². The Morgan fingerprint density at radius 3 is 2.54 bits per heavy atom. The predicted molar refractivity (Wildman–Crippen MR) is 87.9 cm³/mol. The summed E-state index contributed by atoms with van der Waals surface area (Å²) >= 11 is 17.5. The lowest BCUT2D eigenvalue weighted by Gasteiger charge is -2.12. The Kier molecular flexibility index (Phi) is 5.55. The molecule has 0 fully saturated rings. The molecule has 0 aliphatic carbocycles. The summed E-state index contributed by atoms with van der Waals surface area (Å²) in [5.41, 5.74) is 1.71. The summed E-state index contributed by atoms with van der Waals surface area (Å²) in [5, 5.41) is 24.8. The van der Waals surface area contributed by atoms with E-state index in [0.717, 1.165) is 6.21 Å². The van der Waals surface area contributed by atoms with Gasteiger partial charge in [0.1, 0.15) is 10.7 Å². The average molecular weight is 389 g/mol. The number of hydrazone groups is 1. The van der Waals surface area contributed by atoms with Crippen LogP contribution in [0.4, 0.5) is 11.4 Å². The SMILES string of the molecule is O=C([O-])c1nc(Cl)c(Cl)c(N/N=C\c2ccccc2[N+](=O)[O-])c1Cl. The third-order valence-corrected chi connectivity index (χ3v) is 3.85. The van der Waals surface area contributed by atoms with E-state index in [4.69, 9.17) is 34.8 Å². The maximum Gasteiger partial charge on any atom is 0.278 e. The summed E-state index contributed by atoms with van der Waals surface area (Å²) < 4.78 is 0.